The van der Waals surface area contributed by atoms with Gasteiger partial charge in [0.25, 0.3) is 0 Å². The molecular formula is C14H15Cl2N3. The minimum Gasteiger partial charge on any atom is -0.383 e. The number of nitrogens with two attached hydrogens (primary N) is 1. The van der Waals surface area contributed by atoms with E-state index in [1.54, 1.807) is 0 Å². The van der Waals surface area contributed by atoms with E-state index in [1.807, 2.05) is 60.0 Å². The Balaban J connectivity index is 0.000000902. The van der Waals surface area contributed by atoms with Crippen LogP contribution in [0.5, 0.6) is 0 Å². The number of hydrogen-bond donors (Lipinski definition) is 1. The second kappa shape index (κ2) is 5.95. The molecule has 3 nitrogen and oxygen atoms in total. The molecule has 0 amide bonds. The van der Waals surface area contributed by atoms with Crippen molar-refractivity contribution in [2.45, 2.75) is 6.92 Å². The van der Waals surface area contributed by atoms with Crippen LogP contribution < -0.4 is 5.73 Å². The number of anilines is 1. The van der Waals surface area contributed by atoms with Gasteiger partial charge in [0.15, 0.2) is 0 Å². The molecule has 0 spiro atoms. The number of nitrogens with zero attached hydrogens (tertiary/aromatic N) is 2. The second-order valence-electron chi connectivity index (χ2n) is 4.10. The molecule has 100 valence electrons. The van der Waals surface area contributed by atoms with Gasteiger partial charge in [-0.2, -0.15) is 0 Å². The van der Waals surface area contributed by atoms with Crippen LogP contribution in [0.4, 0.5) is 5.82 Å². The molecule has 0 atom stereocenters. The SMILES string of the molecule is Cc1cccn2c(N)c(-c3ccccc3)nc12.Cl.Cl. The molecule has 0 unspecified atom stereocenters. The maximum absolute atomic E-state index is 6.14. The van der Waals surface area contributed by atoms with Crippen LogP contribution in [0.25, 0.3) is 16.9 Å². The standard InChI is InChI=1S/C14H13N3.2ClH/c1-10-6-5-9-17-13(15)12(16-14(10)17)11-7-3-2-4-8-11;;/h2-9H,15H2,1H3;2*1H. The van der Waals surface area contributed by atoms with Crippen molar-refractivity contribution in [1.29, 1.82) is 0 Å². The highest BCUT2D eigenvalue weighted by Crippen LogP contribution is 2.26. The summed E-state index contributed by atoms with van der Waals surface area (Å²) in [6.07, 6.45) is 1.94. The second-order valence-corrected chi connectivity index (χ2v) is 4.10. The van der Waals surface area contributed by atoms with Crippen LogP contribution in [-0.2, 0) is 0 Å². The number of rotatable bonds is 1. The lowest BCUT2D eigenvalue weighted by molar-refractivity contribution is 1.17. The third kappa shape index (κ3) is 2.53. The third-order valence-electron chi connectivity index (χ3n) is 2.93. The van der Waals surface area contributed by atoms with Crippen molar-refractivity contribution in [3.8, 4) is 11.3 Å². The summed E-state index contributed by atoms with van der Waals surface area (Å²) in [4.78, 5) is 4.62. The Kier molecular flexibility index (Phi) is 4.81. The average Bonchev–Trinajstić information content (AvgIpc) is 2.70. The molecule has 3 aromatic rings. The Hall–Kier alpha value is -1.71. The molecule has 5 heteroatoms. The molecule has 2 heterocycles. The number of pyridine rings is 1. The van der Waals surface area contributed by atoms with E-state index in [-0.39, 0.29) is 24.8 Å². The van der Waals surface area contributed by atoms with Crippen LogP contribution in [0, 0.1) is 6.92 Å². The molecule has 0 saturated carbocycles. The maximum atomic E-state index is 6.14. The largest absolute Gasteiger partial charge is 0.383 e. The van der Waals surface area contributed by atoms with Crippen molar-refractivity contribution < 1.29 is 0 Å². The van der Waals surface area contributed by atoms with Gasteiger partial charge in [0.2, 0.25) is 0 Å². The van der Waals surface area contributed by atoms with Crippen molar-refractivity contribution in [2.75, 3.05) is 5.73 Å². The van der Waals surface area contributed by atoms with Gasteiger partial charge in [-0.05, 0) is 18.6 Å². The van der Waals surface area contributed by atoms with E-state index < -0.39 is 0 Å². The number of fused-ring (bicyclic) bond motifs is 1. The number of aromatic nitrogens is 2. The normalized spacial score (nSPS) is 9.74. The lowest BCUT2D eigenvalue weighted by Crippen LogP contribution is -1.94. The Labute approximate surface area is 124 Å². The van der Waals surface area contributed by atoms with Gasteiger partial charge in [-0.3, -0.25) is 4.40 Å². The van der Waals surface area contributed by atoms with Crippen LogP contribution in [0.1, 0.15) is 5.56 Å². The minimum atomic E-state index is 0. The summed E-state index contributed by atoms with van der Waals surface area (Å²) in [6.45, 7) is 2.04. The van der Waals surface area contributed by atoms with E-state index in [4.69, 9.17) is 5.73 Å². The summed E-state index contributed by atoms with van der Waals surface area (Å²) in [6, 6.07) is 14.0. The molecule has 0 saturated heterocycles. The van der Waals surface area contributed by atoms with Crippen molar-refractivity contribution in [3.05, 3.63) is 54.2 Å². The van der Waals surface area contributed by atoms with E-state index in [9.17, 15) is 0 Å². The van der Waals surface area contributed by atoms with Crippen LogP contribution in [0.3, 0.4) is 0 Å². The Morgan fingerprint density at radius 2 is 1.68 bits per heavy atom. The van der Waals surface area contributed by atoms with E-state index in [1.165, 1.54) is 0 Å². The van der Waals surface area contributed by atoms with Gasteiger partial charge in [0, 0.05) is 11.8 Å². The molecule has 1 aromatic carbocycles. The van der Waals surface area contributed by atoms with Gasteiger partial charge in [-0.15, -0.1) is 24.8 Å². The average molecular weight is 296 g/mol. The first-order valence-electron chi connectivity index (χ1n) is 5.56. The molecular weight excluding hydrogens is 281 g/mol. The summed E-state index contributed by atoms with van der Waals surface area (Å²) in [5.74, 6) is 0.690. The number of imidazole rings is 1. The first kappa shape index (κ1) is 15.3. The van der Waals surface area contributed by atoms with Crippen molar-refractivity contribution in [2.24, 2.45) is 0 Å². The first-order valence-corrected chi connectivity index (χ1v) is 5.56. The predicted molar refractivity (Wildman–Crippen MR) is 84.3 cm³/mol. The van der Waals surface area contributed by atoms with Crippen molar-refractivity contribution in [1.82, 2.24) is 9.38 Å². The zero-order valence-electron chi connectivity index (χ0n) is 10.4. The summed E-state index contributed by atoms with van der Waals surface area (Å²) >= 11 is 0. The molecule has 2 N–H and O–H groups in total. The molecule has 3 rings (SSSR count). The molecule has 0 fully saturated rings. The summed E-state index contributed by atoms with van der Waals surface area (Å²) < 4.78 is 1.93. The van der Waals surface area contributed by atoms with Gasteiger partial charge < -0.3 is 5.73 Å². The van der Waals surface area contributed by atoms with Crippen LogP contribution >= 0.6 is 24.8 Å². The van der Waals surface area contributed by atoms with E-state index in [0.717, 1.165) is 22.5 Å². The maximum Gasteiger partial charge on any atom is 0.142 e. The van der Waals surface area contributed by atoms with Crippen LogP contribution in [0.2, 0.25) is 0 Å². The van der Waals surface area contributed by atoms with Crippen molar-refractivity contribution in [3.63, 3.8) is 0 Å². The van der Waals surface area contributed by atoms with Gasteiger partial charge in [0.1, 0.15) is 17.2 Å². The molecule has 0 aliphatic rings. The van der Waals surface area contributed by atoms with Crippen molar-refractivity contribution >= 4 is 36.3 Å². The summed E-state index contributed by atoms with van der Waals surface area (Å²) in [7, 11) is 0. The smallest absolute Gasteiger partial charge is 0.142 e. The van der Waals surface area contributed by atoms with Gasteiger partial charge in [-0.1, -0.05) is 36.4 Å². The number of halogens is 2. The molecule has 0 aliphatic carbocycles. The van der Waals surface area contributed by atoms with E-state index in [2.05, 4.69) is 4.98 Å². The lowest BCUT2D eigenvalue weighted by Gasteiger charge is -1.99. The fourth-order valence-electron chi connectivity index (χ4n) is 2.03. The molecule has 19 heavy (non-hydrogen) atoms. The highest BCUT2D eigenvalue weighted by atomic mass is 35.5. The molecule has 0 bridgehead atoms. The minimum absolute atomic E-state index is 0. The summed E-state index contributed by atoms with van der Waals surface area (Å²) in [5, 5.41) is 0. The Morgan fingerprint density at radius 3 is 2.32 bits per heavy atom. The Morgan fingerprint density at radius 1 is 1.00 bits per heavy atom. The Bertz CT molecular complexity index is 678. The van der Waals surface area contributed by atoms with E-state index >= 15 is 0 Å². The fraction of sp³-hybridized carbons (Fsp3) is 0.0714. The highest BCUT2D eigenvalue weighted by Gasteiger charge is 2.11. The molecule has 2 aromatic heterocycles. The van der Waals surface area contributed by atoms with Gasteiger partial charge in [0.05, 0.1) is 0 Å². The quantitative estimate of drug-likeness (QED) is 0.743. The lowest BCUT2D eigenvalue weighted by atomic mass is 10.1. The monoisotopic (exact) mass is 295 g/mol. The van der Waals surface area contributed by atoms with E-state index in [0.29, 0.717) is 5.82 Å². The van der Waals surface area contributed by atoms with Crippen LogP contribution in [0.15, 0.2) is 48.7 Å². The third-order valence-corrected chi connectivity index (χ3v) is 2.93. The van der Waals surface area contributed by atoms with Crippen LogP contribution in [-0.4, -0.2) is 9.38 Å². The van der Waals surface area contributed by atoms with Gasteiger partial charge in [-0.25, -0.2) is 4.98 Å². The van der Waals surface area contributed by atoms with Gasteiger partial charge >= 0.3 is 0 Å². The first-order chi connectivity index (χ1) is 8.27. The fourth-order valence-corrected chi connectivity index (χ4v) is 2.03. The highest BCUT2D eigenvalue weighted by molar-refractivity contribution is 5.85. The molecule has 0 radical (unpaired) electrons. The number of nitrogen functional groups attached to an aromatic ring is 1. The zero-order chi connectivity index (χ0) is 11.8. The topological polar surface area (TPSA) is 43.3 Å². The summed E-state index contributed by atoms with van der Waals surface area (Å²) in [5.41, 5.74) is 10.1. The predicted octanol–water partition coefficient (Wildman–Crippen LogP) is 3.74. The number of aryl methyl sites for hydroxylation is 1. The number of hydrogen-bond acceptors (Lipinski definition) is 2. The molecule has 0 aliphatic heterocycles. The zero-order valence-corrected chi connectivity index (χ0v) is 12.0. The number of benzene rings is 1.